The summed E-state index contributed by atoms with van der Waals surface area (Å²) < 4.78 is 44.4. The molecule has 0 aliphatic rings. The molecule has 0 aromatic heterocycles. The quantitative estimate of drug-likeness (QED) is 0.766. The van der Waals surface area contributed by atoms with Gasteiger partial charge in [-0.2, -0.15) is 0 Å². The molecule has 2 N–H and O–H groups in total. The van der Waals surface area contributed by atoms with Crippen molar-refractivity contribution in [2.24, 2.45) is 5.14 Å². The summed E-state index contributed by atoms with van der Waals surface area (Å²) in [7, 11) is -3.52. The highest BCUT2D eigenvalue weighted by Crippen LogP contribution is 2.26. The predicted molar refractivity (Wildman–Crippen MR) is 65.7 cm³/mol. The Morgan fingerprint density at radius 1 is 1.28 bits per heavy atom. The standard InChI is InChI=1S/C10H13ClFNO4S/c11-8-2-1-3-9(12)10(8)17-5-4-16-6-7-18(13,14)15/h1-3H,4-7H2,(H2,13,14,15). The fourth-order valence-corrected chi connectivity index (χ4v) is 1.67. The molecule has 5 nitrogen and oxygen atoms in total. The second-order valence-corrected chi connectivity index (χ2v) is 5.52. The van der Waals surface area contributed by atoms with Gasteiger partial charge in [0.2, 0.25) is 10.0 Å². The predicted octanol–water partition coefficient (Wildman–Crippen LogP) is 1.16. The van der Waals surface area contributed by atoms with Crippen LogP contribution < -0.4 is 9.88 Å². The van der Waals surface area contributed by atoms with Gasteiger partial charge in [0, 0.05) is 0 Å². The van der Waals surface area contributed by atoms with Crippen LogP contribution in [-0.2, 0) is 14.8 Å². The molecule has 1 rings (SSSR count). The van der Waals surface area contributed by atoms with E-state index in [2.05, 4.69) is 0 Å². The lowest BCUT2D eigenvalue weighted by Crippen LogP contribution is -2.21. The van der Waals surface area contributed by atoms with E-state index in [1.807, 2.05) is 0 Å². The number of benzene rings is 1. The van der Waals surface area contributed by atoms with Crippen LogP contribution in [0.15, 0.2) is 18.2 Å². The van der Waals surface area contributed by atoms with Crippen LogP contribution in [-0.4, -0.2) is 34.0 Å². The summed E-state index contributed by atoms with van der Waals surface area (Å²) >= 11 is 5.73. The van der Waals surface area contributed by atoms with Gasteiger partial charge in [0.15, 0.2) is 11.6 Å². The molecule has 0 radical (unpaired) electrons. The Morgan fingerprint density at radius 3 is 2.61 bits per heavy atom. The fourth-order valence-electron chi connectivity index (χ4n) is 1.10. The SMILES string of the molecule is NS(=O)(=O)CCOCCOc1c(F)cccc1Cl. The molecule has 0 fully saturated rings. The van der Waals surface area contributed by atoms with Crippen molar-refractivity contribution < 1.29 is 22.3 Å². The summed E-state index contributed by atoms with van der Waals surface area (Å²) in [5, 5.41) is 4.94. The summed E-state index contributed by atoms with van der Waals surface area (Å²) in [6.07, 6.45) is 0. The van der Waals surface area contributed by atoms with E-state index >= 15 is 0 Å². The largest absolute Gasteiger partial charge is 0.487 e. The molecular weight excluding hydrogens is 285 g/mol. The van der Waals surface area contributed by atoms with Crippen molar-refractivity contribution in [2.75, 3.05) is 25.6 Å². The summed E-state index contributed by atoms with van der Waals surface area (Å²) in [5.74, 6) is -0.880. The van der Waals surface area contributed by atoms with Crippen LogP contribution in [0.2, 0.25) is 5.02 Å². The van der Waals surface area contributed by atoms with Crippen molar-refractivity contribution in [3.63, 3.8) is 0 Å². The maximum absolute atomic E-state index is 13.2. The van der Waals surface area contributed by atoms with Gasteiger partial charge in [-0.05, 0) is 12.1 Å². The molecule has 0 heterocycles. The van der Waals surface area contributed by atoms with Crippen LogP contribution in [0, 0.1) is 5.82 Å². The van der Waals surface area contributed by atoms with Crippen LogP contribution in [0.5, 0.6) is 5.75 Å². The van der Waals surface area contributed by atoms with Gasteiger partial charge in [0.25, 0.3) is 0 Å². The summed E-state index contributed by atoms with van der Waals surface area (Å²) in [5.41, 5.74) is 0. The molecule has 0 bridgehead atoms. The molecule has 1 aromatic carbocycles. The van der Waals surface area contributed by atoms with Crippen molar-refractivity contribution in [3.8, 4) is 5.75 Å². The highest BCUT2D eigenvalue weighted by Gasteiger charge is 2.07. The molecule has 0 aliphatic heterocycles. The Bertz CT molecular complexity index is 474. The summed E-state index contributed by atoms with van der Waals surface area (Å²) in [6, 6.07) is 4.19. The van der Waals surface area contributed by atoms with Crippen LogP contribution in [0.25, 0.3) is 0 Å². The third-order valence-corrected chi connectivity index (χ3v) is 2.94. The summed E-state index contributed by atoms with van der Waals surface area (Å²) in [6.45, 7) is 0.138. The third-order valence-electron chi connectivity index (χ3n) is 1.91. The van der Waals surface area contributed by atoms with Gasteiger partial charge in [-0.1, -0.05) is 17.7 Å². The highest BCUT2D eigenvalue weighted by molar-refractivity contribution is 7.89. The lowest BCUT2D eigenvalue weighted by atomic mass is 10.3. The molecule has 0 saturated heterocycles. The third kappa shape index (κ3) is 5.63. The molecule has 18 heavy (non-hydrogen) atoms. The Balaban J connectivity index is 2.26. The maximum Gasteiger partial charge on any atom is 0.211 e. The van der Waals surface area contributed by atoms with Gasteiger partial charge in [0.1, 0.15) is 6.61 Å². The summed E-state index contributed by atoms with van der Waals surface area (Å²) in [4.78, 5) is 0. The van der Waals surface area contributed by atoms with Gasteiger partial charge in [-0.25, -0.2) is 17.9 Å². The zero-order chi connectivity index (χ0) is 13.6. The molecule has 0 spiro atoms. The number of ether oxygens (including phenoxy) is 2. The van der Waals surface area contributed by atoms with Crippen molar-refractivity contribution in [3.05, 3.63) is 29.0 Å². The Labute approximate surface area is 110 Å². The topological polar surface area (TPSA) is 78.6 Å². The second-order valence-electron chi connectivity index (χ2n) is 3.38. The Morgan fingerprint density at radius 2 is 2.00 bits per heavy atom. The van der Waals surface area contributed by atoms with Gasteiger partial charge in [-0.3, -0.25) is 0 Å². The van der Waals surface area contributed by atoms with Crippen LogP contribution in [0.4, 0.5) is 4.39 Å². The van der Waals surface area contributed by atoms with Crippen molar-refractivity contribution >= 4 is 21.6 Å². The normalized spacial score (nSPS) is 11.5. The minimum Gasteiger partial charge on any atom is -0.487 e. The Hall–Kier alpha value is -0.890. The molecule has 0 aliphatic carbocycles. The zero-order valence-electron chi connectivity index (χ0n) is 9.43. The number of nitrogens with two attached hydrogens (primary N) is 1. The molecule has 102 valence electrons. The first kappa shape index (κ1) is 15.2. The van der Waals surface area contributed by atoms with E-state index in [0.717, 1.165) is 0 Å². The smallest absolute Gasteiger partial charge is 0.211 e. The first-order chi connectivity index (χ1) is 8.40. The van der Waals surface area contributed by atoms with E-state index in [4.69, 9.17) is 26.2 Å². The van der Waals surface area contributed by atoms with Gasteiger partial charge in [-0.15, -0.1) is 0 Å². The highest BCUT2D eigenvalue weighted by atomic mass is 35.5. The first-order valence-electron chi connectivity index (χ1n) is 5.05. The van der Waals surface area contributed by atoms with E-state index in [1.54, 1.807) is 0 Å². The fraction of sp³-hybridized carbons (Fsp3) is 0.400. The van der Waals surface area contributed by atoms with Crippen molar-refractivity contribution in [2.45, 2.75) is 0 Å². The van der Waals surface area contributed by atoms with Gasteiger partial charge in [0.05, 0.1) is 24.0 Å². The molecule has 8 heteroatoms. The molecular formula is C10H13ClFNO4S. The van der Waals surface area contributed by atoms with Crippen molar-refractivity contribution in [1.29, 1.82) is 0 Å². The van der Waals surface area contributed by atoms with Crippen LogP contribution in [0.1, 0.15) is 0 Å². The monoisotopic (exact) mass is 297 g/mol. The van der Waals surface area contributed by atoms with Crippen molar-refractivity contribution in [1.82, 2.24) is 0 Å². The minimum atomic E-state index is -3.52. The molecule has 0 unspecified atom stereocenters. The Kier molecular flexibility index (Phi) is 5.80. The minimum absolute atomic E-state index is 0.0345. The van der Waals surface area contributed by atoms with Gasteiger partial charge >= 0.3 is 0 Å². The average Bonchev–Trinajstić information content (AvgIpc) is 2.25. The van der Waals surface area contributed by atoms with Gasteiger partial charge < -0.3 is 9.47 Å². The van der Waals surface area contributed by atoms with E-state index in [1.165, 1.54) is 18.2 Å². The maximum atomic E-state index is 13.2. The number of hydrogen-bond acceptors (Lipinski definition) is 4. The number of primary sulfonamides is 1. The number of hydrogen-bond donors (Lipinski definition) is 1. The molecule has 0 atom stereocenters. The number of para-hydroxylation sites is 1. The van der Waals surface area contributed by atoms with E-state index in [-0.39, 0.29) is 36.3 Å². The second kappa shape index (κ2) is 6.89. The first-order valence-corrected chi connectivity index (χ1v) is 7.14. The van der Waals surface area contributed by atoms with E-state index < -0.39 is 15.8 Å². The lowest BCUT2D eigenvalue weighted by Gasteiger charge is -2.09. The molecule has 0 saturated carbocycles. The van der Waals surface area contributed by atoms with Crippen LogP contribution in [0.3, 0.4) is 0 Å². The number of halogens is 2. The molecule has 1 aromatic rings. The zero-order valence-corrected chi connectivity index (χ0v) is 11.0. The average molecular weight is 298 g/mol. The van der Waals surface area contributed by atoms with E-state index in [9.17, 15) is 12.8 Å². The van der Waals surface area contributed by atoms with E-state index in [0.29, 0.717) is 0 Å². The molecule has 0 amide bonds. The van der Waals surface area contributed by atoms with Crippen LogP contribution >= 0.6 is 11.6 Å². The lowest BCUT2D eigenvalue weighted by molar-refractivity contribution is 0.109. The number of sulfonamides is 1. The number of rotatable bonds is 7.